The summed E-state index contributed by atoms with van der Waals surface area (Å²) in [5.41, 5.74) is 6.12. The van der Waals surface area contributed by atoms with Gasteiger partial charge in [-0.1, -0.05) is 35.5 Å². The first-order chi connectivity index (χ1) is 13.7. The fourth-order valence-corrected chi connectivity index (χ4v) is 5.44. The molecule has 4 unspecified atom stereocenters. The Morgan fingerprint density at radius 3 is 2.62 bits per heavy atom. The number of benzene rings is 1. The Morgan fingerprint density at radius 1 is 1.34 bits per heavy atom. The predicted octanol–water partition coefficient (Wildman–Crippen LogP) is 0.415. The van der Waals surface area contributed by atoms with Crippen molar-refractivity contribution in [1.82, 2.24) is 20.4 Å². The molecule has 0 saturated carbocycles. The number of amides is 2. The molecule has 29 heavy (non-hydrogen) atoms. The molecule has 1 aromatic carbocycles. The number of carbonyl (C=O) groups excluding carboxylic acids is 2. The molecule has 11 heteroatoms. The number of carbonyl (C=O) groups is 3. The molecule has 2 fully saturated rings. The summed E-state index contributed by atoms with van der Waals surface area (Å²) in [5.74, 6) is -2.82. The maximum atomic E-state index is 13.1. The third-order valence-electron chi connectivity index (χ3n) is 5.08. The van der Waals surface area contributed by atoms with Gasteiger partial charge in [-0.2, -0.15) is 4.98 Å². The normalized spacial score (nSPS) is 25.8. The maximum Gasteiger partial charge on any atom is 0.327 e. The second kappa shape index (κ2) is 6.76. The fraction of sp³-hybridized carbons (Fsp3) is 0.389. The molecule has 4 rings (SSSR count). The number of anilines is 1. The minimum Gasteiger partial charge on any atom is -0.480 e. The van der Waals surface area contributed by atoms with Gasteiger partial charge < -0.3 is 25.6 Å². The molecule has 4 atom stereocenters. The van der Waals surface area contributed by atoms with E-state index in [0.29, 0.717) is 5.56 Å². The Kier molecular flexibility index (Phi) is 4.49. The minimum atomic E-state index is -1.06. The molecule has 2 aliphatic rings. The van der Waals surface area contributed by atoms with Crippen molar-refractivity contribution in [1.29, 1.82) is 0 Å². The third kappa shape index (κ3) is 3.11. The van der Waals surface area contributed by atoms with E-state index >= 15 is 0 Å². The lowest BCUT2D eigenvalue weighted by Crippen LogP contribution is -2.70. The van der Waals surface area contributed by atoms with Gasteiger partial charge in [-0.05, 0) is 19.4 Å². The van der Waals surface area contributed by atoms with Gasteiger partial charge in [0.05, 0.1) is 0 Å². The van der Waals surface area contributed by atoms with Crippen LogP contribution in [0.15, 0.2) is 34.9 Å². The number of thioether (sulfide) groups is 1. The Labute approximate surface area is 169 Å². The SMILES string of the molecule is CC1(C)SC2C(NC(=O)C(c3ccccc3)c3noc(N)n3)C(=O)N2C1C(=O)O. The number of nitrogens with one attached hydrogen (secondary N) is 1. The number of nitrogens with zero attached hydrogens (tertiary/aromatic N) is 3. The number of fused-ring (bicyclic) bond motifs is 1. The zero-order valence-electron chi connectivity index (χ0n) is 15.6. The summed E-state index contributed by atoms with van der Waals surface area (Å²) in [6.07, 6.45) is 0. The standard InChI is InChI=1S/C18H19N5O5S/c1-18(2)11(16(26)27)23-14(25)10(15(23)29-18)20-13(24)9(8-6-4-3-5-7-8)12-21-17(19)28-22-12/h3-7,9-11,15H,1-2H3,(H,20,24)(H,26,27)(H2,19,21,22). The van der Waals surface area contributed by atoms with Gasteiger partial charge in [0.2, 0.25) is 11.8 Å². The molecule has 4 N–H and O–H groups in total. The highest BCUT2D eigenvalue weighted by atomic mass is 32.2. The summed E-state index contributed by atoms with van der Waals surface area (Å²) < 4.78 is 4.14. The van der Waals surface area contributed by atoms with E-state index in [9.17, 15) is 19.5 Å². The van der Waals surface area contributed by atoms with Crippen molar-refractivity contribution >= 4 is 35.6 Å². The zero-order chi connectivity index (χ0) is 20.9. The Morgan fingerprint density at radius 2 is 2.03 bits per heavy atom. The topological polar surface area (TPSA) is 152 Å². The highest BCUT2D eigenvalue weighted by molar-refractivity contribution is 8.01. The van der Waals surface area contributed by atoms with Crippen molar-refractivity contribution in [3.05, 3.63) is 41.7 Å². The number of nitrogen functional groups attached to an aromatic ring is 1. The average Bonchev–Trinajstić information content (AvgIpc) is 3.19. The van der Waals surface area contributed by atoms with Crippen LogP contribution in [0.5, 0.6) is 0 Å². The quantitative estimate of drug-likeness (QED) is 0.588. The Bertz CT molecular complexity index is 978. The number of nitrogens with two attached hydrogens (primary N) is 1. The summed E-state index contributed by atoms with van der Waals surface area (Å²) >= 11 is 1.36. The Hall–Kier alpha value is -3.08. The van der Waals surface area contributed by atoms with Gasteiger partial charge in [0, 0.05) is 4.75 Å². The highest BCUT2D eigenvalue weighted by Crippen LogP contribution is 2.50. The molecule has 0 aliphatic carbocycles. The molecular formula is C18H19N5O5S. The van der Waals surface area contributed by atoms with Crippen LogP contribution in [-0.2, 0) is 14.4 Å². The lowest BCUT2D eigenvalue weighted by molar-refractivity contribution is -0.161. The number of hydrogen-bond acceptors (Lipinski definition) is 8. The molecule has 10 nitrogen and oxygen atoms in total. The van der Waals surface area contributed by atoms with Crippen molar-refractivity contribution in [2.75, 3.05) is 5.73 Å². The largest absolute Gasteiger partial charge is 0.480 e. The van der Waals surface area contributed by atoms with Crippen LogP contribution in [0.1, 0.15) is 31.2 Å². The van der Waals surface area contributed by atoms with Crippen LogP contribution in [0, 0.1) is 0 Å². The van der Waals surface area contributed by atoms with Gasteiger partial charge in [-0.3, -0.25) is 9.59 Å². The van der Waals surface area contributed by atoms with E-state index in [4.69, 9.17) is 10.3 Å². The molecule has 152 valence electrons. The number of hydrogen-bond donors (Lipinski definition) is 3. The second-order valence-corrected chi connectivity index (χ2v) is 9.19. The van der Waals surface area contributed by atoms with E-state index in [1.807, 2.05) is 0 Å². The van der Waals surface area contributed by atoms with E-state index < -0.39 is 45.9 Å². The van der Waals surface area contributed by atoms with E-state index in [-0.39, 0.29) is 11.8 Å². The minimum absolute atomic E-state index is 0.0812. The van der Waals surface area contributed by atoms with Gasteiger partial charge in [0.15, 0.2) is 5.82 Å². The molecular weight excluding hydrogens is 398 g/mol. The summed E-state index contributed by atoms with van der Waals surface area (Å²) in [7, 11) is 0. The van der Waals surface area contributed by atoms with E-state index in [0.717, 1.165) is 0 Å². The average molecular weight is 417 g/mol. The van der Waals surface area contributed by atoms with E-state index in [2.05, 4.69) is 15.5 Å². The summed E-state index contributed by atoms with van der Waals surface area (Å²) in [6.45, 7) is 3.55. The number of aliphatic carboxylic acids is 1. The monoisotopic (exact) mass is 417 g/mol. The van der Waals surface area contributed by atoms with Gasteiger partial charge in [-0.25, -0.2) is 4.79 Å². The molecule has 0 spiro atoms. The van der Waals surface area contributed by atoms with Crippen LogP contribution >= 0.6 is 11.8 Å². The lowest BCUT2D eigenvalue weighted by Gasteiger charge is -2.43. The van der Waals surface area contributed by atoms with Crippen LogP contribution in [0.3, 0.4) is 0 Å². The van der Waals surface area contributed by atoms with Crippen molar-refractivity contribution in [3.63, 3.8) is 0 Å². The fourth-order valence-electron chi connectivity index (χ4n) is 3.81. The van der Waals surface area contributed by atoms with Gasteiger partial charge in [0.1, 0.15) is 23.4 Å². The van der Waals surface area contributed by atoms with E-state index in [1.54, 1.807) is 44.2 Å². The number of carboxylic acid groups (broad SMARTS) is 1. The van der Waals surface area contributed by atoms with Crippen LogP contribution in [0.25, 0.3) is 0 Å². The molecule has 3 heterocycles. The van der Waals surface area contributed by atoms with Crippen molar-refractivity contribution in [3.8, 4) is 0 Å². The Balaban J connectivity index is 1.58. The molecule has 2 amide bonds. The van der Waals surface area contributed by atoms with Crippen molar-refractivity contribution in [2.45, 2.75) is 42.0 Å². The van der Waals surface area contributed by atoms with Crippen LogP contribution in [0.2, 0.25) is 0 Å². The third-order valence-corrected chi connectivity index (χ3v) is 6.65. The van der Waals surface area contributed by atoms with Gasteiger partial charge >= 0.3 is 12.0 Å². The number of rotatable bonds is 5. The number of aromatic nitrogens is 2. The van der Waals surface area contributed by atoms with Gasteiger partial charge in [0.25, 0.3) is 0 Å². The smallest absolute Gasteiger partial charge is 0.327 e. The van der Waals surface area contributed by atoms with Crippen LogP contribution in [0.4, 0.5) is 6.01 Å². The number of β-lactam (4-membered cyclic amide) rings is 1. The lowest BCUT2D eigenvalue weighted by atomic mass is 9.94. The van der Waals surface area contributed by atoms with Crippen molar-refractivity contribution < 1.29 is 24.0 Å². The maximum absolute atomic E-state index is 13.1. The first-order valence-corrected chi connectivity index (χ1v) is 9.76. The van der Waals surface area contributed by atoms with Crippen LogP contribution < -0.4 is 11.1 Å². The first kappa shape index (κ1) is 19.2. The number of carboxylic acids is 1. The summed E-state index contributed by atoms with van der Waals surface area (Å²) in [6, 6.07) is 6.87. The molecule has 0 radical (unpaired) electrons. The van der Waals surface area contributed by atoms with Crippen molar-refractivity contribution in [2.24, 2.45) is 0 Å². The molecule has 2 saturated heterocycles. The van der Waals surface area contributed by atoms with Crippen LogP contribution in [-0.4, -0.2) is 60.1 Å². The molecule has 2 aromatic rings. The summed E-state index contributed by atoms with van der Waals surface area (Å²) in [4.78, 5) is 42.7. The first-order valence-electron chi connectivity index (χ1n) is 8.88. The highest BCUT2D eigenvalue weighted by Gasteiger charge is 2.64. The molecule has 1 aromatic heterocycles. The zero-order valence-corrected chi connectivity index (χ0v) is 16.4. The van der Waals surface area contributed by atoms with E-state index in [1.165, 1.54) is 16.7 Å². The predicted molar refractivity (Wildman–Crippen MR) is 103 cm³/mol. The molecule has 2 aliphatic heterocycles. The summed E-state index contributed by atoms with van der Waals surface area (Å²) in [5, 5.41) is 15.6. The van der Waals surface area contributed by atoms with Gasteiger partial charge in [-0.15, -0.1) is 11.8 Å². The second-order valence-electron chi connectivity index (χ2n) is 7.42. The molecule has 0 bridgehead atoms.